The summed E-state index contributed by atoms with van der Waals surface area (Å²) < 4.78 is 0. The SMILES string of the molecule is CN(C)/C=C/C/C=C/CNCC(C)(C)C. The lowest BCUT2D eigenvalue weighted by Crippen LogP contribution is -2.26. The van der Waals surface area contributed by atoms with Crippen molar-refractivity contribution in [2.24, 2.45) is 5.41 Å². The molecule has 88 valence electrons. The molecule has 0 bridgehead atoms. The first-order valence-electron chi connectivity index (χ1n) is 5.60. The Kier molecular flexibility index (Phi) is 7.14. The minimum atomic E-state index is 0.374. The van der Waals surface area contributed by atoms with Crippen LogP contribution in [-0.4, -0.2) is 32.1 Å². The van der Waals surface area contributed by atoms with E-state index in [1.54, 1.807) is 0 Å². The highest BCUT2D eigenvalue weighted by Gasteiger charge is 2.07. The summed E-state index contributed by atoms with van der Waals surface area (Å²) in [4.78, 5) is 2.05. The van der Waals surface area contributed by atoms with Crippen molar-refractivity contribution < 1.29 is 0 Å². The van der Waals surface area contributed by atoms with E-state index in [2.05, 4.69) is 50.5 Å². The molecule has 2 heteroatoms. The van der Waals surface area contributed by atoms with Crippen LogP contribution in [0.5, 0.6) is 0 Å². The van der Waals surface area contributed by atoms with Gasteiger partial charge in [0.25, 0.3) is 0 Å². The minimum absolute atomic E-state index is 0.374. The Labute approximate surface area is 95.0 Å². The Morgan fingerprint density at radius 3 is 2.27 bits per heavy atom. The summed E-state index contributed by atoms with van der Waals surface area (Å²) in [5.41, 5.74) is 0.374. The average molecular weight is 210 g/mol. The maximum atomic E-state index is 3.40. The van der Waals surface area contributed by atoms with Crippen LogP contribution in [0.2, 0.25) is 0 Å². The van der Waals surface area contributed by atoms with Crippen molar-refractivity contribution in [1.82, 2.24) is 10.2 Å². The van der Waals surface area contributed by atoms with Gasteiger partial charge in [0.2, 0.25) is 0 Å². The molecule has 0 saturated carbocycles. The molecule has 0 unspecified atom stereocenters. The maximum absolute atomic E-state index is 3.40. The van der Waals surface area contributed by atoms with Crippen LogP contribution in [0.15, 0.2) is 24.4 Å². The molecule has 15 heavy (non-hydrogen) atoms. The molecule has 0 aromatic rings. The smallest absolute Gasteiger partial charge is 0.0135 e. The topological polar surface area (TPSA) is 15.3 Å². The van der Waals surface area contributed by atoms with Crippen molar-refractivity contribution in [1.29, 1.82) is 0 Å². The van der Waals surface area contributed by atoms with Crippen LogP contribution in [0.25, 0.3) is 0 Å². The Hall–Kier alpha value is -0.760. The number of hydrogen-bond donors (Lipinski definition) is 1. The zero-order valence-corrected chi connectivity index (χ0v) is 10.9. The predicted molar refractivity (Wildman–Crippen MR) is 68.9 cm³/mol. The lowest BCUT2D eigenvalue weighted by molar-refractivity contribution is 0.388. The zero-order valence-electron chi connectivity index (χ0n) is 10.9. The zero-order chi connectivity index (χ0) is 11.7. The molecule has 0 radical (unpaired) electrons. The third-order valence-corrected chi connectivity index (χ3v) is 1.76. The van der Waals surface area contributed by atoms with Crippen molar-refractivity contribution in [3.05, 3.63) is 24.4 Å². The van der Waals surface area contributed by atoms with E-state index in [0.717, 1.165) is 19.5 Å². The van der Waals surface area contributed by atoms with Crippen molar-refractivity contribution in [2.45, 2.75) is 27.2 Å². The van der Waals surface area contributed by atoms with Gasteiger partial charge in [-0.05, 0) is 18.0 Å². The fourth-order valence-electron chi connectivity index (χ4n) is 1.06. The molecule has 2 nitrogen and oxygen atoms in total. The molecule has 0 spiro atoms. The molecule has 0 aromatic carbocycles. The van der Waals surface area contributed by atoms with Gasteiger partial charge in [-0.1, -0.05) is 39.0 Å². The molecule has 0 aliphatic carbocycles. The fraction of sp³-hybridized carbons (Fsp3) is 0.692. The standard InChI is InChI=1S/C13H26N2/c1-13(2,3)12-14-10-8-6-7-9-11-15(4)5/h6,8-9,11,14H,7,10,12H2,1-5H3/b8-6+,11-9+. The number of nitrogens with zero attached hydrogens (tertiary/aromatic N) is 1. The van der Waals surface area contributed by atoms with Gasteiger partial charge in [-0.25, -0.2) is 0 Å². The Bertz CT molecular complexity index is 197. The van der Waals surface area contributed by atoms with Crippen molar-refractivity contribution in [2.75, 3.05) is 27.2 Å². The van der Waals surface area contributed by atoms with Gasteiger partial charge in [-0.2, -0.15) is 0 Å². The molecule has 0 aliphatic rings. The monoisotopic (exact) mass is 210 g/mol. The highest BCUT2D eigenvalue weighted by Crippen LogP contribution is 2.09. The molecule has 0 amide bonds. The highest BCUT2D eigenvalue weighted by atomic mass is 15.0. The van der Waals surface area contributed by atoms with Gasteiger partial charge >= 0.3 is 0 Å². The Balaban J connectivity index is 3.40. The molecule has 0 heterocycles. The van der Waals surface area contributed by atoms with Crippen LogP contribution in [0.3, 0.4) is 0 Å². The van der Waals surface area contributed by atoms with Crippen LogP contribution in [0, 0.1) is 5.41 Å². The van der Waals surface area contributed by atoms with E-state index in [0.29, 0.717) is 5.41 Å². The van der Waals surface area contributed by atoms with Crippen LogP contribution in [0.1, 0.15) is 27.2 Å². The van der Waals surface area contributed by atoms with E-state index < -0.39 is 0 Å². The Morgan fingerprint density at radius 1 is 1.07 bits per heavy atom. The van der Waals surface area contributed by atoms with Crippen LogP contribution < -0.4 is 5.32 Å². The summed E-state index contributed by atoms with van der Waals surface area (Å²) in [5, 5.41) is 3.40. The van der Waals surface area contributed by atoms with Crippen LogP contribution in [-0.2, 0) is 0 Å². The van der Waals surface area contributed by atoms with Crippen LogP contribution in [0.4, 0.5) is 0 Å². The quantitative estimate of drug-likeness (QED) is 0.535. The van der Waals surface area contributed by atoms with Gasteiger partial charge in [-0.15, -0.1) is 0 Å². The summed E-state index contributed by atoms with van der Waals surface area (Å²) >= 11 is 0. The first-order valence-corrected chi connectivity index (χ1v) is 5.60. The van der Waals surface area contributed by atoms with E-state index in [1.807, 2.05) is 19.0 Å². The molecule has 0 rings (SSSR count). The van der Waals surface area contributed by atoms with E-state index >= 15 is 0 Å². The largest absolute Gasteiger partial charge is 0.384 e. The number of allylic oxidation sites excluding steroid dienone is 2. The first-order chi connectivity index (χ1) is 6.92. The first kappa shape index (κ1) is 14.2. The van der Waals surface area contributed by atoms with Gasteiger partial charge in [0.05, 0.1) is 0 Å². The molecule has 0 aliphatic heterocycles. The minimum Gasteiger partial charge on any atom is -0.384 e. The van der Waals surface area contributed by atoms with Gasteiger partial charge in [0.1, 0.15) is 0 Å². The summed E-state index contributed by atoms with van der Waals surface area (Å²) in [5.74, 6) is 0. The lowest BCUT2D eigenvalue weighted by atomic mass is 9.97. The fourth-order valence-corrected chi connectivity index (χ4v) is 1.06. The molecule has 0 fully saturated rings. The number of rotatable bonds is 6. The van der Waals surface area contributed by atoms with Crippen LogP contribution >= 0.6 is 0 Å². The predicted octanol–water partition coefficient (Wildman–Crippen LogP) is 2.64. The summed E-state index contributed by atoms with van der Waals surface area (Å²) in [6.07, 6.45) is 9.62. The van der Waals surface area contributed by atoms with Crippen molar-refractivity contribution >= 4 is 0 Å². The second kappa shape index (κ2) is 7.52. The molecule has 0 aromatic heterocycles. The van der Waals surface area contributed by atoms with Gasteiger partial charge in [0.15, 0.2) is 0 Å². The van der Waals surface area contributed by atoms with Gasteiger partial charge in [0, 0.05) is 27.2 Å². The second-order valence-electron chi connectivity index (χ2n) is 5.25. The summed E-state index contributed by atoms with van der Waals surface area (Å²) in [7, 11) is 4.07. The van der Waals surface area contributed by atoms with E-state index in [9.17, 15) is 0 Å². The lowest BCUT2D eigenvalue weighted by Gasteiger charge is -2.17. The van der Waals surface area contributed by atoms with E-state index in [1.165, 1.54) is 0 Å². The Morgan fingerprint density at radius 2 is 1.73 bits per heavy atom. The van der Waals surface area contributed by atoms with Gasteiger partial charge < -0.3 is 10.2 Å². The van der Waals surface area contributed by atoms with Crippen molar-refractivity contribution in [3.63, 3.8) is 0 Å². The normalized spacial score (nSPS) is 12.9. The molecule has 1 N–H and O–H groups in total. The molecule has 0 atom stereocenters. The average Bonchev–Trinajstić information content (AvgIpc) is 2.07. The highest BCUT2D eigenvalue weighted by molar-refractivity contribution is 4.92. The van der Waals surface area contributed by atoms with E-state index in [-0.39, 0.29) is 0 Å². The second-order valence-corrected chi connectivity index (χ2v) is 5.25. The summed E-state index contributed by atoms with van der Waals surface area (Å²) in [6, 6.07) is 0. The van der Waals surface area contributed by atoms with Gasteiger partial charge in [-0.3, -0.25) is 0 Å². The third kappa shape index (κ3) is 13.2. The molecule has 0 saturated heterocycles. The molecular weight excluding hydrogens is 184 g/mol. The third-order valence-electron chi connectivity index (χ3n) is 1.76. The number of hydrogen-bond acceptors (Lipinski definition) is 2. The van der Waals surface area contributed by atoms with E-state index in [4.69, 9.17) is 0 Å². The summed E-state index contributed by atoms with van der Waals surface area (Å²) in [6.45, 7) is 8.74. The number of nitrogens with one attached hydrogen (secondary N) is 1. The van der Waals surface area contributed by atoms with Crippen molar-refractivity contribution in [3.8, 4) is 0 Å². The molecular formula is C13H26N2. The maximum Gasteiger partial charge on any atom is 0.0135 e.